The highest BCUT2D eigenvalue weighted by atomic mass is 16.7. The zero-order valence-corrected chi connectivity index (χ0v) is 14.8. The number of nitrogens with zero attached hydrogens (tertiary/aromatic N) is 2. The largest absolute Gasteiger partial charge is 0.484 e. The average Bonchev–Trinajstić information content (AvgIpc) is 3.30. The van der Waals surface area contributed by atoms with Crippen molar-refractivity contribution in [1.29, 1.82) is 0 Å². The molecule has 0 aromatic heterocycles. The second-order valence-corrected chi connectivity index (χ2v) is 6.92. The normalized spacial score (nSPS) is 22.2. The average molecular weight is 360 g/mol. The Morgan fingerprint density at radius 3 is 2.38 bits per heavy atom. The summed E-state index contributed by atoms with van der Waals surface area (Å²) in [6.07, 6.45) is 2.92. The molecule has 2 amide bonds. The predicted molar refractivity (Wildman–Crippen MR) is 94.0 cm³/mol. The Morgan fingerprint density at radius 2 is 1.77 bits per heavy atom. The first kappa shape index (κ1) is 17.3. The maximum absolute atomic E-state index is 12.4. The van der Waals surface area contributed by atoms with E-state index >= 15 is 0 Å². The van der Waals surface area contributed by atoms with Crippen LogP contribution >= 0.6 is 0 Å². The van der Waals surface area contributed by atoms with Gasteiger partial charge in [-0.1, -0.05) is 0 Å². The minimum Gasteiger partial charge on any atom is -0.484 e. The minimum absolute atomic E-state index is 0.0106. The van der Waals surface area contributed by atoms with Crippen LogP contribution in [0, 0.1) is 0 Å². The highest BCUT2D eigenvalue weighted by molar-refractivity contribution is 5.95. The van der Waals surface area contributed by atoms with E-state index in [4.69, 9.17) is 14.2 Å². The first-order valence-corrected chi connectivity index (χ1v) is 9.24. The molecule has 3 fully saturated rings. The van der Waals surface area contributed by atoms with Crippen LogP contribution in [0.4, 0.5) is 5.69 Å². The standard InChI is InChI=1S/C19H24N2O5/c22-17-2-1-9-21(17)15-3-5-16(6-4-15)24-14-18(23)20-10-7-19(8-11-20)25-12-13-26-19/h3-6H,1-2,7-14H2. The molecule has 26 heavy (non-hydrogen) atoms. The summed E-state index contributed by atoms with van der Waals surface area (Å²) in [5.74, 6) is 0.286. The Morgan fingerprint density at radius 1 is 1.08 bits per heavy atom. The van der Waals surface area contributed by atoms with Crippen molar-refractivity contribution >= 4 is 17.5 Å². The van der Waals surface area contributed by atoms with E-state index in [9.17, 15) is 9.59 Å². The number of carbonyl (C=O) groups excluding carboxylic acids is 2. The summed E-state index contributed by atoms with van der Waals surface area (Å²) in [6, 6.07) is 7.34. The van der Waals surface area contributed by atoms with E-state index in [1.165, 1.54) is 0 Å². The number of carbonyl (C=O) groups is 2. The molecule has 0 aliphatic carbocycles. The highest BCUT2D eigenvalue weighted by Crippen LogP contribution is 2.31. The molecule has 0 N–H and O–H groups in total. The quantitative estimate of drug-likeness (QED) is 0.815. The first-order valence-electron chi connectivity index (χ1n) is 9.24. The third kappa shape index (κ3) is 3.54. The molecular formula is C19H24N2O5. The van der Waals surface area contributed by atoms with Crippen molar-refractivity contribution < 1.29 is 23.8 Å². The molecule has 7 nitrogen and oxygen atoms in total. The van der Waals surface area contributed by atoms with Gasteiger partial charge in [-0.2, -0.15) is 0 Å². The first-order chi connectivity index (χ1) is 12.7. The van der Waals surface area contributed by atoms with Gasteiger partial charge in [0.25, 0.3) is 5.91 Å². The van der Waals surface area contributed by atoms with Crippen LogP contribution in [0.15, 0.2) is 24.3 Å². The fourth-order valence-corrected chi connectivity index (χ4v) is 3.76. The van der Waals surface area contributed by atoms with Crippen LogP contribution < -0.4 is 9.64 Å². The Kier molecular flexibility index (Phi) is 4.82. The SMILES string of the molecule is O=C(COc1ccc(N2CCCC2=O)cc1)N1CCC2(CC1)OCCO2. The number of hydrogen-bond acceptors (Lipinski definition) is 5. The number of ether oxygens (including phenoxy) is 3. The fraction of sp³-hybridized carbons (Fsp3) is 0.579. The summed E-state index contributed by atoms with van der Waals surface area (Å²) < 4.78 is 17.0. The van der Waals surface area contributed by atoms with Gasteiger partial charge in [0.15, 0.2) is 12.4 Å². The lowest BCUT2D eigenvalue weighted by atomic mass is 10.0. The molecule has 1 aromatic rings. The number of piperidine rings is 1. The number of benzene rings is 1. The van der Waals surface area contributed by atoms with E-state index in [2.05, 4.69) is 0 Å². The lowest BCUT2D eigenvalue weighted by Gasteiger charge is -2.37. The minimum atomic E-state index is -0.472. The van der Waals surface area contributed by atoms with E-state index in [0.717, 1.165) is 18.7 Å². The molecule has 7 heteroatoms. The molecule has 4 rings (SSSR count). The van der Waals surface area contributed by atoms with Gasteiger partial charge < -0.3 is 24.0 Å². The molecule has 3 aliphatic rings. The lowest BCUT2D eigenvalue weighted by Crippen LogP contribution is -2.48. The number of rotatable bonds is 4. The smallest absolute Gasteiger partial charge is 0.260 e. The number of anilines is 1. The lowest BCUT2D eigenvalue weighted by molar-refractivity contribution is -0.187. The van der Waals surface area contributed by atoms with Gasteiger partial charge in [-0.15, -0.1) is 0 Å². The van der Waals surface area contributed by atoms with Crippen molar-refractivity contribution in [2.75, 3.05) is 44.4 Å². The molecule has 1 aromatic carbocycles. The molecule has 3 aliphatic heterocycles. The van der Waals surface area contributed by atoms with Gasteiger partial charge in [0.05, 0.1) is 13.2 Å². The van der Waals surface area contributed by atoms with Crippen molar-refractivity contribution in [2.24, 2.45) is 0 Å². The number of hydrogen-bond donors (Lipinski definition) is 0. The summed E-state index contributed by atoms with van der Waals surface area (Å²) in [5.41, 5.74) is 0.879. The van der Waals surface area contributed by atoms with E-state index in [-0.39, 0.29) is 18.4 Å². The Hall–Kier alpha value is -2.12. The molecule has 140 valence electrons. The fourth-order valence-electron chi connectivity index (χ4n) is 3.76. The molecule has 0 radical (unpaired) electrons. The number of likely N-dealkylation sites (tertiary alicyclic amines) is 1. The summed E-state index contributed by atoms with van der Waals surface area (Å²) in [5, 5.41) is 0. The van der Waals surface area contributed by atoms with Crippen LogP contribution in [0.3, 0.4) is 0 Å². The van der Waals surface area contributed by atoms with Crippen LogP contribution in [-0.2, 0) is 19.1 Å². The molecule has 0 saturated carbocycles. The van der Waals surface area contributed by atoms with E-state index in [1.807, 2.05) is 12.1 Å². The topological polar surface area (TPSA) is 68.3 Å². The molecule has 3 saturated heterocycles. The van der Waals surface area contributed by atoms with E-state index in [1.54, 1.807) is 21.9 Å². The van der Waals surface area contributed by atoms with Gasteiger partial charge in [0.1, 0.15) is 5.75 Å². The van der Waals surface area contributed by atoms with Gasteiger partial charge in [-0.25, -0.2) is 0 Å². The van der Waals surface area contributed by atoms with Crippen molar-refractivity contribution in [1.82, 2.24) is 4.90 Å². The van der Waals surface area contributed by atoms with Crippen molar-refractivity contribution in [3.63, 3.8) is 0 Å². The summed E-state index contributed by atoms with van der Waals surface area (Å²) in [4.78, 5) is 27.7. The monoisotopic (exact) mass is 360 g/mol. The third-order valence-electron chi connectivity index (χ3n) is 5.28. The molecule has 1 spiro atoms. The number of amides is 2. The Bertz CT molecular complexity index is 659. The van der Waals surface area contributed by atoms with Crippen molar-refractivity contribution in [3.8, 4) is 5.75 Å². The zero-order chi connectivity index (χ0) is 18.0. The van der Waals surface area contributed by atoms with E-state index in [0.29, 0.717) is 51.3 Å². The van der Waals surface area contributed by atoms with Crippen LogP contribution in [0.5, 0.6) is 5.75 Å². The second kappa shape index (κ2) is 7.25. The van der Waals surface area contributed by atoms with Crippen LogP contribution in [-0.4, -0.2) is 62.0 Å². The maximum atomic E-state index is 12.4. The van der Waals surface area contributed by atoms with Gasteiger partial charge in [-0.3, -0.25) is 9.59 Å². The molecule has 0 atom stereocenters. The van der Waals surface area contributed by atoms with Crippen molar-refractivity contribution in [3.05, 3.63) is 24.3 Å². The summed E-state index contributed by atoms with van der Waals surface area (Å²) in [7, 11) is 0. The van der Waals surface area contributed by atoms with E-state index < -0.39 is 5.79 Å². The molecule has 3 heterocycles. The predicted octanol–water partition coefficient (Wildman–Crippen LogP) is 1.56. The Balaban J connectivity index is 1.26. The molecule has 0 unspecified atom stereocenters. The molecular weight excluding hydrogens is 336 g/mol. The van der Waals surface area contributed by atoms with Gasteiger partial charge >= 0.3 is 0 Å². The van der Waals surface area contributed by atoms with Crippen molar-refractivity contribution in [2.45, 2.75) is 31.5 Å². The van der Waals surface area contributed by atoms with Crippen LogP contribution in [0.2, 0.25) is 0 Å². The van der Waals surface area contributed by atoms with Gasteiger partial charge in [0.2, 0.25) is 5.91 Å². The van der Waals surface area contributed by atoms with Gasteiger partial charge in [0, 0.05) is 44.6 Å². The molecule has 0 bridgehead atoms. The summed E-state index contributed by atoms with van der Waals surface area (Å²) in [6.45, 7) is 3.29. The summed E-state index contributed by atoms with van der Waals surface area (Å²) >= 11 is 0. The maximum Gasteiger partial charge on any atom is 0.260 e. The third-order valence-corrected chi connectivity index (χ3v) is 5.28. The Labute approximate surface area is 152 Å². The van der Waals surface area contributed by atoms with Crippen LogP contribution in [0.1, 0.15) is 25.7 Å². The highest BCUT2D eigenvalue weighted by Gasteiger charge is 2.40. The zero-order valence-electron chi connectivity index (χ0n) is 14.8. The van der Waals surface area contributed by atoms with Gasteiger partial charge in [-0.05, 0) is 30.7 Å². The second-order valence-electron chi connectivity index (χ2n) is 6.92. The van der Waals surface area contributed by atoms with Crippen LogP contribution in [0.25, 0.3) is 0 Å².